The number of hydrogen-bond acceptors (Lipinski definition) is 4. The molecule has 1 saturated heterocycles. The summed E-state index contributed by atoms with van der Waals surface area (Å²) in [4.78, 5) is 21.1. The monoisotopic (exact) mass is 474 g/mol. The van der Waals surface area contributed by atoms with E-state index in [0.717, 1.165) is 36.3 Å². The smallest absolute Gasteiger partial charge is 0.267 e. The molecule has 0 N–H and O–H groups in total. The van der Waals surface area contributed by atoms with Crippen LogP contribution in [0.3, 0.4) is 0 Å². The lowest BCUT2D eigenvalue weighted by atomic mass is 9.87. The van der Waals surface area contributed by atoms with E-state index < -0.39 is 0 Å². The van der Waals surface area contributed by atoms with Crippen molar-refractivity contribution in [2.45, 2.75) is 25.3 Å². The molecule has 0 spiro atoms. The zero-order chi connectivity index (χ0) is 22.8. The highest BCUT2D eigenvalue weighted by Gasteiger charge is 2.40. The van der Waals surface area contributed by atoms with Crippen molar-refractivity contribution < 1.29 is 9.53 Å². The highest BCUT2D eigenvalue weighted by atomic mass is 35.5. The summed E-state index contributed by atoms with van der Waals surface area (Å²) in [5.41, 5.74) is 4.25. The van der Waals surface area contributed by atoms with Crippen LogP contribution in [0.15, 0.2) is 82.7 Å². The van der Waals surface area contributed by atoms with Gasteiger partial charge in [0.15, 0.2) is 5.17 Å². The number of methoxy groups -OCH3 is 1. The first kappa shape index (κ1) is 21.8. The summed E-state index contributed by atoms with van der Waals surface area (Å²) < 4.78 is 5.27. The summed E-state index contributed by atoms with van der Waals surface area (Å²) in [5, 5.41) is 1.37. The molecule has 0 aromatic heterocycles. The molecule has 6 heteroatoms. The van der Waals surface area contributed by atoms with Crippen molar-refractivity contribution in [1.29, 1.82) is 0 Å². The minimum atomic E-state index is -0.0249. The fraction of sp³-hybridized carbons (Fsp3) is 0.185. The van der Waals surface area contributed by atoms with Crippen LogP contribution in [0.2, 0.25) is 5.02 Å². The van der Waals surface area contributed by atoms with E-state index >= 15 is 0 Å². The number of carbonyl (C=O) groups is 1. The molecule has 33 heavy (non-hydrogen) atoms. The topological polar surface area (TPSA) is 41.9 Å². The maximum atomic E-state index is 13.7. The van der Waals surface area contributed by atoms with E-state index in [9.17, 15) is 4.79 Å². The van der Waals surface area contributed by atoms with E-state index in [2.05, 4.69) is 24.3 Å². The summed E-state index contributed by atoms with van der Waals surface area (Å²) in [6.07, 6.45) is 4.92. The number of hydrogen-bond donors (Lipinski definition) is 0. The molecule has 5 rings (SSSR count). The van der Waals surface area contributed by atoms with E-state index in [4.69, 9.17) is 21.3 Å². The van der Waals surface area contributed by atoms with Gasteiger partial charge in [-0.05, 0) is 90.2 Å². The van der Waals surface area contributed by atoms with Gasteiger partial charge in [0.1, 0.15) is 5.75 Å². The molecule has 166 valence electrons. The molecule has 0 radical (unpaired) electrons. The maximum absolute atomic E-state index is 13.7. The Bertz CT molecular complexity index is 1240. The SMILES string of the molecule is COc1ccc(N=C2S/C(=C\c3ccc(Cl)cc3)C(=O)N2[C@H]2CCCc3ccccc32)cc1. The van der Waals surface area contributed by atoms with Crippen molar-refractivity contribution in [3.8, 4) is 5.75 Å². The summed E-state index contributed by atoms with van der Waals surface area (Å²) in [6.45, 7) is 0. The predicted octanol–water partition coefficient (Wildman–Crippen LogP) is 7.03. The van der Waals surface area contributed by atoms with Gasteiger partial charge in [-0.25, -0.2) is 4.99 Å². The average molecular weight is 475 g/mol. The Kier molecular flexibility index (Phi) is 6.25. The Hall–Kier alpha value is -3.02. The number of rotatable bonds is 4. The van der Waals surface area contributed by atoms with Gasteiger partial charge in [-0.2, -0.15) is 0 Å². The van der Waals surface area contributed by atoms with Gasteiger partial charge in [0.05, 0.1) is 23.7 Å². The lowest BCUT2D eigenvalue weighted by Gasteiger charge is -2.32. The number of fused-ring (bicyclic) bond motifs is 1. The van der Waals surface area contributed by atoms with Crippen LogP contribution in [0.5, 0.6) is 5.75 Å². The van der Waals surface area contributed by atoms with Gasteiger partial charge >= 0.3 is 0 Å². The van der Waals surface area contributed by atoms with Crippen LogP contribution >= 0.6 is 23.4 Å². The largest absolute Gasteiger partial charge is 0.497 e. The third-order valence-corrected chi connectivity index (χ3v) is 7.19. The summed E-state index contributed by atoms with van der Waals surface area (Å²) >= 11 is 7.46. The molecule has 1 heterocycles. The zero-order valence-corrected chi connectivity index (χ0v) is 19.8. The lowest BCUT2D eigenvalue weighted by Crippen LogP contribution is -2.35. The first-order valence-corrected chi connectivity index (χ1v) is 12.1. The molecule has 3 aromatic carbocycles. The Balaban J connectivity index is 1.56. The highest BCUT2D eigenvalue weighted by molar-refractivity contribution is 8.18. The van der Waals surface area contributed by atoms with Crippen molar-refractivity contribution in [2.75, 3.05) is 7.11 Å². The normalized spacial score (nSPS) is 20.4. The van der Waals surface area contributed by atoms with Gasteiger partial charge in [0.25, 0.3) is 5.91 Å². The van der Waals surface area contributed by atoms with E-state index in [1.807, 2.05) is 59.5 Å². The third-order valence-electron chi connectivity index (χ3n) is 5.95. The van der Waals surface area contributed by atoms with E-state index in [1.54, 1.807) is 7.11 Å². The molecular weight excluding hydrogens is 452 g/mol. The van der Waals surface area contributed by atoms with Crippen LogP contribution in [0, 0.1) is 0 Å². The Labute approximate surface area is 202 Å². The Morgan fingerprint density at radius 1 is 1.06 bits per heavy atom. The maximum Gasteiger partial charge on any atom is 0.267 e. The first-order valence-electron chi connectivity index (χ1n) is 10.9. The van der Waals surface area contributed by atoms with Gasteiger partial charge in [-0.15, -0.1) is 0 Å². The van der Waals surface area contributed by atoms with Gasteiger partial charge < -0.3 is 4.74 Å². The molecule has 0 unspecified atom stereocenters. The summed E-state index contributed by atoms with van der Waals surface area (Å²) in [5.74, 6) is 0.763. The average Bonchev–Trinajstić information content (AvgIpc) is 3.14. The number of thioether (sulfide) groups is 1. The quantitative estimate of drug-likeness (QED) is 0.381. The van der Waals surface area contributed by atoms with Gasteiger partial charge in [0.2, 0.25) is 0 Å². The Morgan fingerprint density at radius 3 is 2.58 bits per heavy atom. The van der Waals surface area contributed by atoms with Crippen LogP contribution in [-0.2, 0) is 11.2 Å². The van der Waals surface area contributed by atoms with Crippen molar-refractivity contribution in [3.63, 3.8) is 0 Å². The minimum Gasteiger partial charge on any atom is -0.497 e. The second kappa shape index (κ2) is 9.46. The number of amides is 1. The number of ether oxygens (including phenoxy) is 1. The van der Waals surface area contributed by atoms with Gasteiger partial charge in [-0.1, -0.05) is 48.0 Å². The molecule has 1 aliphatic carbocycles. The van der Waals surface area contributed by atoms with Crippen LogP contribution in [0.1, 0.15) is 35.6 Å². The molecule has 0 saturated carbocycles. The fourth-order valence-corrected chi connectivity index (χ4v) is 5.48. The third kappa shape index (κ3) is 4.56. The van der Waals surface area contributed by atoms with E-state index in [0.29, 0.717) is 15.1 Å². The van der Waals surface area contributed by atoms with Crippen LogP contribution in [0.25, 0.3) is 6.08 Å². The van der Waals surface area contributed by atoms with Gasteiger partial charge in [-0.3, -0.25) is 9.69 Å². The number of nitrogens with zero attached hydrogens (tertiary/aromatic N) is 2. The predicted molar refractivity (Wildman–Crippen MR) is 136 cm³/mol. The van der Waals surface area contributed by atoms with Crippen molar-refractivity contribution >= 4 is 46.2 Å². The molecule has 4 nitrogen and oxygen atoms in total. The zero-order valence-electron chi connectivity index (χ0n) is 18.2. The number of halogens is 1. The van der Waals surface area contributed by atoms with Crippen LogP contribution < -0.4 is 4.74 Å². The molecular formula is C27H23ClN2O2S. The second-order valence-corrected chi connectivity index (χ2v) is 9.48. The molecule has 1 fully saturated rings. The molecule has 2 aliphatic rings. The highest BCUT2D eigenvalue weighted by Crippen LogP contribution is 2.43. The number of aliphatic imine (C=N–C) groups is 1. The van der Waals surface area contributed by atoms with Crippen LogP contribution in [-0.4, -0.2) is 23.1 Å². The summed E-state index contributed by atoms with van der Waals surface area (Å²) in [6, 6.07) is 23.5. The molecule has 3 aromatic rings. The number of benzene rings is 3. The molecule has 0 bridgehead atoms. The van der Waals surface area contributed by atoms with Gasteiger partial charge in [0, 0.05) is 5.02 Å². The van der Waals surface area contributed by atoms with E-state index in [-0.39, 0.29) is 11.9 Å². The fourth-order valence-electron chi connectivity index (χ4n) is 4.31. The van der Waals surface area contributed by atoms with Crippen molar-refractivity contribution in [3.05, 3.63) is 99.4 Å². The van der Waals surface area contributed by atoms with Crippen molar-refractivity contribution in [2.24, 2.45) is 4.99 Å². The number of amidine groups is 1. The first-order chi connectivity index (χ1) is 16.1. The minimum absolute atomic E-state index is 0.0103. The molecule has 1 aliphatic heterocycles. The number of carbonyl (C=O) groups excluding carboxylic acids is 1. The standard InChI is InChI=1S/C27H23ClN2O2S/c1-32-22-15-13-21(14-16-22)29-27-30(24-8-4-6-19-5-2-3-7-23(19)24)26(31)25(33-27)17-18-9-11-20(28)12-10-18/h2-3,5,7,9-17,24H,4,6,8H2,1H3/b25-17-,29-27?/t24-/m0/s1. The Morgan fingerprint density at radius 2 is 1.82 bits per heavy atom. The van der Waals surface area contributed by atoms with Crippen LogP contribution in [0.4, 0.5) is 5.69 Å². The number of aryl methyl sites for hydroxylation is 1. The molecule has 1 atom stereocenters. The summed E-state index contributed by atoms with van der Waals surface area (Å²) in [7, 11) is 1.64. The molecule has 1 amide bonds. The van der Waals surface area contributed by atoms with E-state index in [1.165, 1.54) is 22.9 Å². The lowest BCUT2D eigenvalue weighted by molar-refractivity contribution is -0.124. The van der Waals surface area contributed by atoms with Crippen molar-refractivity contribution in [1.82, 2.24) is 4.90 Å². The second-order valence-electron chi connectivity index (χ2n) is 8.04.